The first-order chi connectivity index (χ1) is 13.3. The number of furan rings is 1. The van der Waals surface area contributed by atoms with Crippen LogP contribution in [0.1, 0.15) is 50.8 Å². The van der Waals surface area contributed by atoms with Crippen molar-refractivity contribution in [2.45, 2.75) is 26.9 Å². The molecular formula is C22H21NO5. The summed E-state index contributed by atoms with van der Waals surface area (Å²) in [5, 5.41) is 11.8. The van der Waals surface area contributed by atoms with Crippen LogP contribution in [0.4, 0.5) is 5.69 Å². The fourth-order valence-electron chi connectivity index (χ4n) is 2.78. The smallest absolute Gasteiger partial charge is 0.371 e. The largest absolute Gasteiger partial charge is 0.483 e. The summed E-state index contributed by atoms with van der Waals surface area (Å²) in [6.07, 6.45) is -0.469. The van der Waals surface area contributed by atoms with Gasteiger partial charge in [-0.25, -0.2) is 4.79 Å². The number of nitrogens with one attached hydrogen (secondary N) is 1. The number of hydrogen-bond acceptors (Lipinski definition) is 4. The number of aryl methyl sites for hydroxylation is 2. The Morgan fingerprint density at radius 2 is 1.75 bits per heavy atom. The van der Waals surface area contributed by atoms with Gasteiger partial charge in [0.25, 0.3) is 5.91 Å². The molecule has 1 aromatic heterocycles. The molecule has 2 aromatic carbocycles. The Hall–Kier alpha value is -3.54. The maximum Gasteiger partial charge on any atom is 0.371 e. The van der Waals surface area contributed by atoms with Gasteiger partial charge in [0, 0.05) is 11.3 Å². The number of carboxylic acid groups (broad SMARTS) is 1. The maximum absolute atomic E-state index is 12.5. The summed E-state index contributed by atoms with van der Waals surface area (Å²) < 4.78 is 11.0. The van der Waals surface area contributed by atoms with Crippen molar-refractivity contribution in [3.63, 3.8) is 0 Å². The van der Waals surface area contributed by atoms with Crippen LogP contribution in [-0.2, 0) is 0 Å². The zero-order valence-corrected chi connectivity index (χ0v) is 15.9. The topological polar surface area (TPSA) is 88.8 Å². The van der Waals surface area contributed by atoms with Crippen molar-refractivity contribution in [2.24, 2.45) is 0 Å². The summed E-state index contributed by atoms with van der Waals surface area (Å²) in [7, 11) is 0. The van der Waals surface area contributed by atoms with Crippen LogP contribution in [0.15, 0.2) is 59.0 Å². The van der Waals surface area contributed by atoms with Crippen LogP contribution in [0.5, 0.6) is 5.75 Å². The average molecular weight is 379 g/mol. The summed E-state index contributed by atoms with van der Waals surface area (Å²) >= 11 is 0. The summed E-state index contributed by atoms with van der Waals surface area (Å²) in [6.45, 7) is 5.71. The minimum Gasteiger partial charge on any atom is -0.483 e. The van der Waals surface area contributed by atoms with E-state index in [0.717, 1.165) is 16.8 Å². The van der Waals surface area contributed by atoms with Crippen molar-refractivity contribution in [3.05, 3.63) is 82.8 Å². The summed E-state index contributed by atoms with van der Waals surface area (Å²) in [4.78, 5) is 23.3. The lowest BCUT2D eigenvalue weighted by Crippen LogP contribution is -2.12. The minimum atomic E-state index is -1.13. The molecule has 6 nitrogen and oxygen atoms in total. The predicted molar refractivity (Wildman–Crippen MR) is 105 cm³/mol. The second kappa shape index (κ2) is 8.00. The van der Waals surface area contributed by atoms with E-state index in [0.29, 0.717) is 17.1 Å². The van der Waals surface area contributed by atoms with Crippen molar-refractivity contribution >= 4 is 17.6 Å². The SMILES string of the molecule is Cc1ccc(NC(=O)c2ccc(OC(C)c3ccc(C(=O)O)o3)cc2)c(C)c1. The van der Waals surface area contributed by atoms with Gasteiger partial charge in [0.05, 0.1) is 0 Å². The Kier molecular flexibility index (Phi) is 5.49. The van der Waals surface area contributed by atoms with E-state index in [2.05, 4.69) is 5.32 Å². The Bertz CT molecular complexity index is 1000. The Labute approximate surface area is 162 Å². The van der Waals surface area contributed by atoms with Gasteiger partial charge >= 0.3 is 5.97 Å². The number of anilines is 1. The number of hydrogen-bond donors (Lipinski definition) is 2. The molecule has 0 aliphatic heterocycles. The van der Waals surface area contributed by atoms with E-state index in [1.807, 2.05) is 32.0 Å². The standard InChI is InChI=1S/C22H21NO5/c1-13-4-9-18(14(2)12-13)23-21(24)16-5-7-17(8-6-16)27-15(3)19-10-11-20(28-19)22(25)26/h4-12,15H,1-3H3,(H,23,24)(H,25,26). The first kappa shape index (κ1) is 19.2. The van der Waals surface area contributed by atoms with Crippen LogP contribution in [0.2, 0.25) is 0 Å². The minimum absolute atomic E-state index is 0.135. The number of amides is 1. The van der Waals surface area contributed by atoms with Crippen molar-refractivity contribution in [3.8, 4) is 5.75 Å². The molecule has 0 aliphatic carbocycles. The number of aromatic carboxylic acids is 1. The molecule has 1 heterocycles. The Morgan fingerprint density at radius 3 is 2.36 bits per heavy atom. The third kappa shape index (κ3) is 4.40. The molecule has 0 aliphatic rings. The van der Waals surface area contributed by atoms with Gasteiger partial charge in [-0.1, -0.05) is 17.7 Å². The molecule has 1 atom stereocenters. The van der Waals surface area contributed by atoms with Gasteiger partial charge in [-0.2, -0.15) is 0 Å². The predicted octanol–water partition coefficient (Wildman–Crippen LogP) is 4.99. The first-order valence-corrected chi connectivity index (χ1v) is 8.82. The van der Waals surface area contributed by atoms with Crippen LogP contribution in [0, 0.1) is 13.8 Å². The highest BCUT2D eigenvalue weighted by molar-refractivity contribution is 6.04. The lowest BCUT2D eigenvalue weighted by molar-refractivity contribution is 0.0655. The van der Waals surface area contributed by atoms with E-state index < -0.39 is 12.1 Å². The van der Waals surface area contributed by atoms with E-state index in [1.165, 1.54) is 6.07 Å². The average Bonchev–Trinajstić information content (AvgIpc) is 3.15. The van der Waals surface area contributed by atoms with E-state index in [-0.39, 0.29) is 11.7 Å². The van der Waals surface area contributed by atoms with E-state index in [1.54, 1.807) is 37.3 Å². The second-order valence-electron chi connectivity index (χ2n) is 6.56. The van der Waals surface area contributed by atoms with E-state index in [9.17, 15) is 9.59 Å². The molecule has 1 amide bonds. The molecule has 0 saturated carbocycles. The van der Waals surface area contributed by atoms with Gasteiger partial charge in [0.2, 0.25) is 5.76 Å². The molecular weight excluding hydrogens is 358 g/mol. The van der Waals surface area contributed by atoms with Crippen LogP contribution in [-0.4, -0.2) is 17.0 Å². The fraction of sp³-hybridized carbons (Fsp3) is 0.182. The highest BCUT2D eigenvalue weighted by Crippen LogP contribution is 2.24. The molecule has 0 fully saturated rings. The Morgan fingerprint density at radius 1 is 1.04 bits per heavy atom. The van der Waals surface area contributed by atoms with E-state index in [4.69, 9.17) is 14.3 Å². The third-order valence-electron chi connectivity index (χ3n) is 4.30. The number of carboxylic acids is 1. The van der Waals surface area contributed by atoms with Gasteiger partial charge < -0.3 is 19.6 Å². The normalized spacial score (nSPS) is 11.7. The van der Waals surface area contributed by atoms with Crippen molar-refractivity contribution in [2.75, 3.05) is 5.32 Å². The molecule has 0 saturated heterocycles. The number of rotatable bonds is 6. The van der Waals surface area contributed by atoms with Crippen LogP contribution >= 0.6 is 0 Å². The molecule has 3 rings (SSSR count). The van der Waals surface area contributed by atoms with Crippen molar-refractivity contribution in [1.29, 1.82) is 0 Å². The van der Waals surface area contributed by atoms with Gasteiger partial charge in [-0.15, -0.1) is 0 Å². The highest BCUT2D eigenvalue weighted by atomic mass is 16.5. The third-order valence-corrected chi connectivity index (χ3v) is 4.30. The lowest BCUT2D eigenvalue weighted by Gasteiger charge is -2.13. The number of carbonyl (C=O) groups excluding carboxylic acids is 1. The highest BCUT2D eigenvalue weighted by Gasteiger charge is 2.16. The molecule has 2 N–H and O–H groups in total. The monoisotopic (exact) mass is 379 g/mol. The molecule has 3 aromatic rings. The van der Waals surface area contributed by atoms with E-state index >= 15 is 0 Å². The maximum atomic E-state index is 12.5. The van der Waals surface area contributed by atoms with Crippen LogP contribution in [0.3, 0.4) is 0 Å². The summed E-state index contributed by atoms with van der Waals surface area (Å²) in [6, 6.07) is 15.5. The van der Waals surface area contributed by atoms with Crippen LogP contribution < -0.4 is 10.1 Å². The molecule has 6 heteroatoms. The van der Waals surface area contributed by atoms with Gasteiger partial charge in [0.1, 0.15) is 11.5 Å². The Balaban J connectivity index is 1.65. The molecule has 28 heavy (non-hydrogen) atoms. The number of carbonyl (C=O) groups is 2. The molecule has 0 spiro atoms. The second-order valence-corrected chi connectivity index (χ2v) is 6.56. The molecule has 144 valence electrons. The molecule has 1 unspecified atom stereocenters. The van der Waals surface area contributed by atoms with Gasteiger partial charge in [0.15, 0.2) is 6.10 Å². The van der Waals surface area contributed by atoms with Crippen LogP contribution in [0.25, 0.3) is 0 Å². The molecule has 0 bridgehead atoms. The van der Waals surface area contributed by atoms with Crippen molar-refractivity contribution < 1.29 is 23.8 Å². The lowest BCUT2D eigenvalue weighted by atomic mass is 10.1. The number of ether oxygens (including phenoxy) is 1. The fourth-order valence-corrected chi connectivity index (χ4v) is 2.78. The zero-order valence-electron chi connectivity index (χ0n) is 15.9. The van der Waals surface area contributed by atoms with Gasteiger partial charge in [-0.05, 0) is 68.8 Å². The summed E-state index contributed by atoms with van der Waals surface area (Å²) in [5.41, 5.74) is 3.42. The molecule has 0 radical (unpaired) electrons. The summed E-state index contributed by atoms with van der Waals surface area (Å²) in [5.74, 6) is -0.511. The quantitative estimate of drug-likeness (QED) is 0.630. The zero-order chi connectivity index (χ0) is 20.3. The first-order valence-electron chi connectivity index (χ1n) is 8.82. The van der Waals surface area contributed by atoms with Gasteiger partial charge in [-0.3, -0.25) is 4.79 Å². The van der Waals surface area contributed by atoms with Crippen molar-refractivity contribution in [1.82, 2.24) is 0 Å². The number of benzene rings is 2.